The fraction of sp³-hybridized carbons (Fsp3) is 0.500. The second kappa shape index (κ2) is 10.5. The molecule has 30 heavy (non-hydrogen) atoms. The predicted molar refractivity (Wildman–Crippen MR) is 83.0 cm³/mol. The number of imidazole rings is 1. The molecule has 20 heteroatoms. The Morgan fingerprint density at radius 2 is 1.93 bits per heavy atom. The van der Waals surface area contributed by atoms with Crippen molar-refractivity contribution in [2.45, 2.75) is 24.5 Å². The van der Waals surface area contributed by atoms with Gasteiger partial charge in [-0.2, -0.15) is 4.98 Å². The number of phosphoric ester groups is 1. The molecule has 6 N–H and O–H groups in total. The SMILES string of the molecule is Nc1nc2c(ncn2C2OC(COP(=O)([O-])OP(=O)([O-])O)C(O)C2O)c(=O)[nH]1.[Na+].[Na+]. The Bertz CT molecular complexity index is 1040. The van der Waals surface area contributed by atoms with Crippen molar-refractivity contribution in [2.75, 3.05) is 12.3 Å². The zero-order chi connectivity index (χ0) is 20.9. The zero-order valence-corrected chi connectivity index (χ0v) is 21.3. The first-order valence-corrected chi connectivity index (χ1v) is 10.3. The van der Waals surface area contributed by atoms with Gasteiger partial charge >= 0.3 is 59.1 Å². The molecule has 1 fully saturated rings. The maximum atomic E-state index is 11.8. The first kappa shape index (κ1) is 28.3. The van der Waals surface area contributed by atoms with Gasteiger partial charge in [0.1, 0.15) is 18.3 Å². The van der Waals surface area contributed by atoms with E-state index in [0.717, 1.165) is 10.9 Å². The maximum absolute atomic E-state index is 11.8. The summed E-state index contributed by atoms with van der Waals surface area (Å²) in [6, 6.07) is 0. The molecule has 0 amide bonds. The Morgan fingerprint density at radius 1 is 1.30 bits per heavy atom. The molecule has 6 unspecified atom stereocenters. The number of nitrogens with two attached hydrogens (primary N) is 1. The number of anilines is 1. The van der Waals surface area contributed by atoms with E-state index in [1.807, 2.05) is 0 Å². The number of H-pyrrole nitrogens is 1. The monoisotopic (exact) mass is 487 g/mol. The molecule has 6 atom stereocenters. The van der Waals surface area contributed by atoms with Crippen LogP contribution in [0.4, 0.5) is 5.95 Å². The van der Waals surface area contributed by atoms with Crippen molar-refractivity contribution in [3.8, 4) is 0 Å². The Kier molecular flexibility index (Phi) is 9.90. The third kappa shape index (κ3) is 6.42. The van der Waals surface area contributed by atoms with Crippen molar-refractivity contribution in [3.05, 3.63) is 16.7 Å². The van der Waals surface area contributed by atoms with Crippen LogP contribution in [0.2, 0.25) is 0 Å². The standard InChI is InChI=1S/C10H15N5O11P2.2Na/c11-10-13-7-4(8(18)14-10)12-2-15(7)9-6(17)5(16)3(25-9)1-24-28(22,23)26-27(19,20)21;;/h2-3,5-6,9,16-17H,1H2,(H,22,23)(H2,19,20,21)(H3,11,13,14,18);;/q;2*+1/p-2. The van der Waals surface area contributed by atoms with Gasteiger partial charge in [0.2, 0.25) is 5.95 Å². The molecule has 0 radical (unpaired) electrons. The summed E-state index contributed by atoms with van der Waals surface area (Å²) in [6.45, 7) is -0.960. The summed E-state index contributed by atoms with van der Waals surface area (Å²) in [5, 5.41) is 20.2. The van der Waals surface area contributed by atoms with Crippen molar-refractivity contribution in [2.24, 2.45) is 0 Å². The third-order valence-electron chi connectivity index (χ3n) is 3.66. The molecule has 1 saturated heterocycles. The molecule has 156 valence electrons. The van der Waals surface area contributed by atoms with Crippen LogP contribution >= 0.6 is 15.6 Å². The molecule has 0 aromatic carbocycles. The van der Waals surface area contributed by atoms with Crippen LogP contribution in [0.3, 0.4) is 0 Å². The molecule has 16 nitrogen and oxygen atoms in total. The molecule has 2 aromatic heterocycles. The minimum absolute atomic E-state index is 0. The summed E-state index contributed by atoms with van der Waals surface area (Å²) in [5.74, 6) is -0.248. The minimum atomic E-state index is -5.63. The number of nitrogens with one attached hydrogen (secondary N) is 1. The number of fused-ring (bicyclic) bond motifs is 1. The van der Waals surface area contributed by atoms with Crippen molar-refractivity contribution >= 4 is 32.8 Å². The molecule has 0 aliphatic carbocycles. The quantitative estimate of drug-likeness (QED) is 0.187. The van der Waals surface area contributed by atoms with E-state index in [0.29, 0.717) is 0 Å². The Hall–Kier alpha value is 0.290. The molecule has 3 heterocycles. The van der Waals surface area contributed by atoms with Crippen molar-refractivity contribution in [3.63, 3.8) is 0 Å². The summed E-state index contributed by atoms with van der Waals surface area (Å²) in [4.78, 5) is 51.9. The normalized spacial score (nSPS) is 27.6. The molecule has 3 rings (SSSR count). The van der Waals surface area contributed by atoms with Crippen molar-refractivity contribution in [1.82, 2.24) is 19.5 Å². The number of aliphatic hydroxyl groups is 2. The summed E-state index contributed by atoms with van der Waals surface area (Å²) in [7, 11) is -11.1. The molecule has 2 aromatic rings. The molecule has 1 aliphatic rings. The van der Waals surface area contributed by atoms with Gasteiger partial charge in [-0.15, -0.1) is 0 Å². The van der Waals surface area contributed by atoms with E-state index in [4.69, 9.17) is 15.4 Å². The second-order valence-corrected chi connectivity index (χ2v) is 8.36. The topological polar surface area (TPSA) is 258 Å². The number of aliphatic hydroxyl groups excluding tert-OH is 2. The van der Waals surface area contributed by atoms with E-state index in [1.54, 1.807) is 0 Å². The molecule has 0 bridgehead atoms. The molecular weight excluding hydrogens is 474 g/mol. The number of aromatic amines is 1. The van der Waals surface area contributed by atoms with E-state index in [9.17, 15) is 33.9 Å². The van der Waals surface area contributed by atoms with Gasteiger partial charge in [-0.1, -0.05) is 0 Å². The van der Waals surface area contributed by atoms with Crippen molar-refractivity contribution < 1.29 is 107 Å². The molecule has 0 spiro atoms. The molecule has 0 saturated carbocycles. The predicted octanol–water partition coefficient (Wildman–Crippen LogP) is -9.71. The van der Waals surface area contributed by atoms with Gasteiger partial charge in [0.15, 0.2) is 17.4 Å². The summed E-state index contributed by atoms with van der Waals surface area (Å²) < 4.78 is 35.8. The first-order chi connectivity index (χ1) is 12.9. The fourth-order valence-corrected chi connectivity index (χ4v) is 4.07. The number of nitrogens with zero attached hydrogens (tertiary/aromatic N) is 3. The van der Waals surface area contributed by atoms with Gasteiger partial charge in [-0.25, -0.2) is 9.29 Å². The minimum Gasteiger partial charge on any atom is -0.756 e. The van der Waals surface area contributed by atoms with Gasteiger partial charge in [-0.05, 0) is 0 Å². The Labute approximate surface area is 211 Å². The van der Waals surface area contributed by atoms with Crippen molar-refractivity contribution in [1.29, 1.82) is 0 Å². The third-order valence-corrected chi connectivity index (χ3v) is 5.75. The van der Waals surface area contributed by atoms with Gasteiger partial charge in [0.05, 0.1) is 12.9 Å². The van der Waals surface area contributed by atoms with Gasteiger partial charge in [-0.3, -0.25) is 23.5 Å². The second-order valence-electron chi connectivity index (χ2n) is 5.61. The van der Waals surface area contributed by atoms with E-state index < -0.39 is 52.4 Å². The van der Waals surface area contributed by atoms with Gasteiger partial charge in [0.25, 0.3) is 21.2 Å². The number of aromatic nitrogens is 4. The van der Waals surface area contributed by atoms with E-state index >= 15 is 0 Å². The number of nitrogen functional groups attached to an aromatic ring is 1. The van der Waals surface area contributed by atoms with E-state index in [1.165, 1.54) is 0 Å². The average molecular weight is 487 g/mol. The first-order valence-electron chi connectivity index (χ1n) is 7.32. The van der Waals surface area contributed by atoms with Crippen LogP contribution < -0.4 is 80.2 Å². The van der Waals surface area contributed by atoms with E-state index in [2.05, 4.69) is 23.8 Å². The average Bonchev–Trinajstić information content (AvgIpc) is 3.06. The van der Waals surface area contributed by atoms with Crippen LogP contribution in [0.5, 0.6) is 0 Å². The summed E-state index contributed by atoms with van der Waals surface area (Å²) in [5.41, 5.74) is 4.58. The van der Waals surface area contributed by atoms with Crippen LogP contribution in [0.1, 0.15) is 6.23 Å². The van der Waals surface area contributed by atoms with Crippen LogP contribution in [0.15, 0.2) is 11.1 Å². The fourth-order valence-electron chi connectivity index (χ4n) is 2.54. The smallest absolute Gasteiger partial charge is 0.756 e. The largest absolute Gasteiger partial charge is 1.00 e. The van der Waals surface area contributed by atoms with Crippen LogP contribution in [-0.2, 0) is 22.7 Å². The Balaban J connectivity index is 0.00000225. The molecule has 1 aliphatic heterocycles. The number of ether oxygens (including phenoxy) is 1. The molecular formula is C10H13N5Na2O11P2. The Morgan fingerprint density at radius 3 is 2.53 bits per heavy atom. The van der Waals surface area contributed by atoms with Gasteiger partial charge < -0.3 is 39.9 Å². The van der Waals surface area contributed by atoms with Crippen LogP contribution in [0, 0.1) is 0 Å². The number of hydrogen-bond donors (Lipinski definition) is 5. The number of phosphoric acid groups is 2. The summed E-state index contributed by atoms with van der Waals surface area (Å²) in [6.07, 6.45) is -5.07. The number of hydrogen-bond acceptors (Lipinski definition) is 13. The van der Waals surface area contributed by atoms with Crippen LogP contribution in [-0.4, -0.2) is 59.5 Å². The van der Waals surface area contributed by atoms with Crippen LogP contribution in [0.25, 0.3) is 11.2 Å². The maximum Gasteiger partial charge on any atom is 1.00 e. The number of rotatable bonds is 6. The summed E-state index contributed by atoms with van der Waals surface area (Å²) >= 11 is 0. The van der Waals surface area contributed by atoms with Gasteiger partial charge in [0, 0.05) is 0 Å². The van der Waals surface area contributed by atoms with E-state index in [-0.39, 0.29) is 76.2 Å². The zero-order valence-electron chi connectivity index (χ0n) is 15.5.